The minimum Gasteiger partial charge on any atom is -0.481 e. The summed E-state index contributed by atoms with van der Waals surface area (Å²) in [5.74, 6) is -0.681. The molecule has 3 fully saturated rings. The van der Waals surface area contributed by atoms with E-state index in [-0.39, 0.29) is 23.8 Å². The number of hydrogen-bond donors (Lipinski definition) is 1. The van der Waals surface area contributed by atoms with Crippen molar-refractivity contribution in [1.82, 2.24) is 4.90 Å². The molecule has 3 rings (SSSR count). The number of aliphatic carboxylic acids is 1. The summed E-state index contributed by atoms with van der Waals surface area (Å²) in [7, 11) is 0. The van der Waals surface area contributed by atoms with Crippen molar-refractivity contribution in [3.8, 4) is 0 Å². The van der Waals surface area contributed by atoms with Crippen LogP contribution >= 0.6 is 0 Å². The maximum Gasteiger partial charge on any atom is 0.308 e. The SMILES string of the molecule is CC1CCC(C(=O)O)CN1C(=O)C1CC12CCCC2. The fraction of sp³-hybridized carbons (Fsp3) is 0.867. The smallest absolute Gasteiger partial charge is 0.308 e. The van der Waals surface area contributed by atoms with Crippen LogP contribution in [-0.4, -0.2) is 34.5 Å². The number of hydrogen-bond acceptors (Lipinski definition) is 2. The Labute approximate surface area is 114 Å². The van der Waals surface area contributed by atoms with Gasteiger partial charge < -0.3 is 10.0 Å². The summed E-state index contributed by atoms with van der Waals surface area (Å²) in [6.07, 6.45) is 7.50. The van der Waals surface area contributed by atoms with Crippen molar-refractivity contribution in [2.75, 3.05) is 6.54 Å². The van der Waals surface area contributed by atoms with E-state index in [1.807, 2.05) is 4.90 Å². The lowest BCUT2D eigenvalue weighted by Gasteiger charge is -2.37. The van der Waals surface area contributed by atoms with Crippen LogP contribution < -0.4 is 0 Å². The zero-order valence-electron chi connectivity index (χ0n) is 11.6. The van der Waals surface area contributed by atoms with Gasteiger partial charge in [-0.1, -0.05) is 12.8 Å². The highest BCUT2D eigenvalue weighted by Crippen LogP contribution is 2.63. The van der Waals surface area contributed by atoms with Crippen LogP contribution in [0.1, 0.15) is 51.9 Å². The van der Waals surface area contributed by atoms with Gasteiger partial charge in [0, 0.05) is 18.5 Å². The van der Waals surface area contributed by atoms with E-state index in [2.05, 4.69) is 6.92 Å². The first-order valence-corrected chi connectivity index (χ1v) is 7.57. The monoisotopic (exact) mass is 265 g/mol. The third-order valence-electron chi connectivity index (χ3n) is 5.60. The molecule has 0 aromatic heterocycles. The van der Waals surface area contributed by atoms with Gasteiger partial charge in [-0.2, -0.15) is 0 Å². The maximum absolute atomic E-state index is 12.6. The van der Waals surface area contributed by atoms with E-state index in [0.717, 1.165) is 12.8 Å². The van der Waals surface area contributed by atoms with Crippen molar-refractivity contribution in [3.05, 3.63) is 0 Å². The fourth-order valence-electron chi connectivity index (χ4n) is 4.14. The first-order valence-electron chi connectivity index (χ1n) is 7.57. The van der Waals surface area contributed by atoms with Gasteiger partial charge in [-0.25, -0.2) is 0 Å². The van der Waals surface area contributed by atoms with Crippen LogP contribution in [0.3, 0.4) is 0 Å². The van der Waals surface area contributed by atoms with Gasteiger partial charge in [-0.15, -0.1) is 0 Å². The second kappa shape index (κ2) is 4.50. The molecule has 0 radical (unpaired) electrons. The quantitative estimate of drug-likeness (QED) is 0.833. The molecular weight excluding hydrogens is 242 g/mol. The Kier molecular flexibility index (Phi) is 3.06. The first kappa shape index (κ1) is 12.9. The van der Waals surface area contributed by atoms with E-state index >= 15 is 0 Å². The number of nitrogens with zero attached hydrogens (tertiary/aromatic N) is 1. The highest BCUT2D eigenvalue weighted by molar-refractivity contribution is 5.84. The Bertz CT molecular complexity index is 400. The van der Waals surface area contributed by atoms with Crippen LogP contribution in [0.15, 0.2) is 0 Å². The molecule has 106 valence electrons. The summed E-state index contributed by atoms with van der Waals surface area (Å²) in [5.41, 5.74) is 0.312. The number of carboxylic acid groups (broad SMARTS) is 1. The highest BCUT2D eigenvalue weighted by Gasteiger charge is 2.60. The zero-order valence-corrected chi connectivity index (χ0v) is 11.6. The van der Waals surface area contributed by atoms with Gasteiger partial charge in [0.05, 0.1) is 5.92 Å². The summed E-state index contributed by atoms with van der Waals surface area (Å²) >= 11 is 0. The van der Waals surface area contributed by atoms with Crippen LogP contribution in [0.2, 0.25) is 0 Å². The molecule has 1 aliphatic heterocycles. The Balaban J connectivity index is 1.67. The van der Waals surface area contributed by atoms with E-state index < -0.39 is 5.97 Å². The second-order valence-corrected chi connectivity index (χ2v) is 6.78. The third-order valence-corrected chi connectivity index (χ3v) is 5.60. The predicted octanol–water partition coefficient (Wildman–Crippen LogP) is 2.28. The van der Waals surface area contributed by atoms with Gasteiger partial charge in [0.25, 0.3) is 0 Å². The summed E-state index contributed by atoms with van der Waals surface area (Å²) in [4.78, 5) is 25.6. The van der Waals surface area contributed by atoms with Crippen LogP contribution in [0.4, 0.5) is 0 Å². The molecule has 1 amide bonds. The summed E-state index contributed by atoms with van der Waals surface area (Å²) in [5, 5.41) is 9.15. The molecule has 1 saturated heterocycles. The Hall–Kier alpha value is -1.06. The molecule has 19 heavy (non-hydrogen) atoms. The molecule has 0 aromatic rings. The van der Waals surface area contributed by atoms with Crippen molar-refractivity contribution in [2.24, 2.45) is 17.3 Å². The first-order chi connectivity index (χ1) is 9.03. The molecule has 2 aliphatic carbocycles. The molecule has 2 saturated carbocycles. The number of carbonyl (C=O) groups is 2. The summed E-state index contributed by atoms with van der Waals surface area (Å²) in [6, 6.07) is 0.210. The molecule has 3 unspecified atom stereocenters. The average molecular weight is 265 g/mol. The molecule has 1 N–H and O–H groups in total. The zero-order chi connectivity index (χ0) is 13.6. The summed E-state index contributed by atoms with van der Waals surface area (Å²) < 4.78 is 0. The highest BCUT2D eigenvalue weighted by atomic mass is 16.4. The van der Waals surface area contributed by atoms with Gasteiger partial charge in [0.2, 0.25) is 5.91 Å². The standard InChI is InChI=1S/C15H23NO3/c1-10-4-5-11(14(18)19)9-16(10)13(17)12-8-15(12)6-2-3-7-15/h10-12H,2-9H2,1H3,(H,18,19). The van der Waals surface area contributed by atoms with E-state index in [0.29, 0.717) is 18.4 Å². The third kappa shape index (κ3) is 2.15. The van der Waals surface area contributed by atoms with E-state index in [1.54, 1.807) is 0 Å². The maximum atomic E-state index is 12.6. The van der Waals surface area contributed by atoms with Crippen LogP contribution in [0, 0.1) is 17.3 Å². The van der Waals surface area contributed by atoms with Gasteiger partial charge in [0.1, 0.15) is 0 Å². The normalized spacial score (nSPS) is 36.5. The molecule has 1 heterocycles. The summed E-state index contributed by atoms with van der Waals surface area (Å²) in [6.45, 7) is 2.47. The lowest BCUT2D eigenvalue weighted by Crippen LogP contribution is -2.48. The second-order valence-electron chi connectivity index (χ2n) is 6.78. The van der Waals surface area contributed by atoms with Gasteiger partial charge in [0.15, 0.2) is 0 Å². The number of piperidine rings is 1. The van der Waals surface area contributed by atoms with E-state index in [9.17, 15) is 9.59 Å². The van der Waals surface area contributed by atoms with E-state index in [4.69, 9.17) is 5.11 Å². The number of likely N-dealkylation sites (tertiary alicyclic amines) is 1. The molecule has 0 bridgehead atoms. The van der Waals surface area contributed by atoms with Crippen molar-refractivity contribution in [2.45, 2.75) is 57.9 Å². The number of carboxylic acids is 1. The van der Waals surface area contributed by atoms with Crippen molar-refractivity contribution in [3.63, 3.8) is 0 Å². The van der Waals surface area contributed by atoms with Gasteiger partial charge in [-0.05, 0) is 44.4 Å². The molecule has 3 atom stereocenters. The number of rotatable bonds is 2. The molecule has 1 spiro atoms. The molecule has 4 heteroatoms. The number of carbonyl (C=O) groups excluding carboxylic acids is 1. The lowest BCUT2D eigenvalue weighted by atomic mass is 9.92. The number of amides is 1. The van der Waals surface area contributed by atoms with Crippen molar-refractivity contribution >= 4 is 11.9 Å². The minimum absolute atomic E-state index is 0.199. The molecule has 3 aliphatic rings. The molecular formula is C15H23NO3. The molecule has 0 aromatic carbocycles. The van der Waals surface area contributed by atoms with Crippen LogP contribution in [-0.2, 0) is 9.59 Å². The van der Waals surface area contributed by atoms with Crippen molar-refractivity contribution < 1.29 is 14.7 Å². The van der Waals surface area contributed by atoms with Crippen LogP contribution in [0.5, 0.6) is 0 Å². The molecule has 4 nitrogen and oxygen atoms in total. The fourth-order valence-corrected chi connectivity index (χ4v) is 4.14. The van der Waals surface area contributed by atoms with Crippen LogP contribution in [0.25, 0.3) is 0 Å². The largest absolute Gasteiger partial charge is 0.481 e. The lowest BCUT2D eigenvalue weighted by molar-refractivity contribution is -0.147. The van der Waals surface area contributed by atoms with Gasteiger partial charge >= 0.3 is 5.97 Å². The topological polar surface area (TPSA) is 57.6 Å². The Morgan fingerprint density at radius 1 is 1.21 bits per heavy atom. The average Bonchev–Trinajstić information content (AvgIpc) is 2.86. The van der Waals surface area contributed by atoms with Crippen molar-refractivity contribution in [1.29, 1.82) is 0 Å². The van der Waals surface area contributed by atoms with Gasteiger partial charge in [-0.3, -0.25) is 9.59 Å². The Morgan fingerprint density at radius 2 is 1.89 bits per heavy atom. The minimum atomic E-state index is -0.754. The van der Waals surface area contributed by atoms with E-state index in [1.165, 1.54) is 25.7 Å². The predicted molar refractivity (Wildman–Crippen MR) is 70.5 cm³/mol. The Morgan fingerprint density at radius 3 is 2.53 bits per heavy atom.